The minimum absolute atomic E-state index is 0.000404. The van der Waals surface area contributed by atoms with Gasteiger partial charge in [0.1, 0.15) is 25.4 Å². The number of anilines is 1. The van der Waals surface area contributed by atoms with E-state index >= 15 is 0 Å². The predicted molar refractivity (Wildman–Crippen MR) is 123 cm³/mol. The van der Waals surface area contributed by atoms with Gasteiger partial charge >= 0.3 is 6.09 Å². The van der Waals surface area contributed by atoms with Crippen molar-refractivity contribution in [3.8, 4) is 5.75 Å². The molecule has 3 fully saturated rings. The first kappa shape index (κ1) is 21.7. The number of fused-ring (bicyclic) bond motifs is 3. The molecule has 2 bridgehead atoms. The maximum absolute atomic E-state index is 13.2. The largest absolute Gasteiger partial charge is 0.488 e. The molecule has 1 atom stereocenters. The molecule has 3 aliphatic heterocycles. The third-order valence-corrected chi connectivity index (χ3v) is 6.89. The summed E-state index contributed by atoms with van der Waals surface area (Å²) in [4.78, 5) is 15.0. The summed E-state index contributed by atoms with van der Waals surface area (Å²) in [5.74, 6) is 1.41. The third kappa shape index (κ3) is 5.40. The Bertz CT molecular complexity index is 819. The lowest BCUT2D eigenvalue weighted by Gasteiger charge is -2.52. The highest BCUT2D eigenvalue weighted by Gasteiger charge is 2.47. The molecule has 166 valence electrons. The summed E-state index contributed by atoms with van der Waals surface area (Å²) < 4.78 is 13.1. The average molecular weight is 424 g/mol. The predicted octanol–water partition coefficient (Wildman–Crippen LogP) is 5.12. The highest BCUT2D eigenvalue weighted by molar-refractivity contribution is 5.87. The van der Waals surface area contributed by atoms with Gasteiger partial charge in [0.25, 0.3) is 0 Å². The molecular weight excluding hydrogens is 388 g/mol. The number of para-hydroxylation sites is 2. The van der Waals surface area contributed by atoms with Gasteiger partial charge in [0, 0.05) is 31.0 Å². The van der Waals surface area contributed by atoms with Crippen molar-refractivity contribution in [3.63, 3.8) is 0 Å². The van der Waals surface area contributed by atoms with Crippen LogP contribution in [-0.4, -0.2) is 56.0 Å². The Kier molecular flexibility index (Phi) is 7.13. The van der Waals surface area contributed by atoms with Crippen molar-refractivity contribution >= 4 is 11.8 Å². The van der Waals surface area contributed by atoms with E-state index in [1.807, 2.05) is 65.6 Å². The second kappa shape index (κ2) is 10.2. The van der Waals surface area contributed by atoms with E-state index in [9.17, 15) is 4.79 Å². The fourth-order valence-electron chi connectivity index (χ4n) is 4.99. The monoisotopic (exact) mass is 423 g/mol. The van der Waals surface area contributed by atoms with Gasteiger partial charge in [-0.25, -0.2) is 4.79 Å². The van der Waals surface area contributed by atoms with Gasteiger partial charge in [-0.05, 0) is 30.7 Å². The van der Waals surface area contributed by atoms with Gasteiger partial charge in [0.2, 0.25) is 0 Å². The zero-order valence-electron chi connectivity index (χ0n) is 18.6. The second-order valence-electron chi connectivity index (χ2n) is 8.96. The summed E-state index contributed by atoms with van der Waals surface area (Å²) in [5.41, 5.74) is 0.919. The summed E-state index contributed by atoms with van der Waals surface area (Å²) in [6, 6.07) is 19.9. The minimum Gasteiger partial charge on any atom is -0.488 e. The van der Waals surface area contributed by atoms with Crippen LogP contribution < -0.4 is 9.64 Å². The third-order valence-electron chi connectivity index (χ3n) is 6.89. The van der Waals surface area contributed by atoms with E-state index in [0.29, 0.717) is 19.1 Å². The maximum atomic E-state index is 13.2. The number of ether oxygens (including phenoxy) is 2. The Morgan fingerprint density at radius 2 is 1.71 bits per heavy atom. The smallest absolute Gasteiger partial charge is 0.414 e. The molecule has 5 nitrogen and oxygen atoms in total. The van der Waals surface area contributed by atoms with Crippen molar-refractivity contribution in [2.24, 2.45) is 5.92 Å². The molecular formula is C26H35N2O3+. The maximum Gasteiger partial charge on any atom is 0.414 e. The Morgan fingerprint density at radius 3 is 2.39 bits per heavy atom. The Morgan fingerprint density at radius 1 is 1.03 bits per heavy atom. The molecule has 5 rings (SSSR count). The number of carbonyl (C=O) groups excluding carboxylic acids is 1. The van der Waals surface area contributed by atoms with Crippen LogP contribution >= 0.6 is 0 Å². The molecule has 3 aliphatic rings. The summed E-state index contributed by atoms with van der Waals surface area (Å²) in [5, 5.41) is 0. The summed E-state index contributed by atoms with van der Waals surface area (Å²) in [6.45, 7) is 7.74. The fourth-order valence-corrected chi connectivity index (χ4v) is 4.99. The van der Waals surface area contributed by atoms with Crippen molar-refractivity contribution in [2.45, 2.75) is 38.7 Å². The SMILES string of the molecule is CCCCN(C(=O)O[C@H]1C[N+]2(CCOc3ccccc3)CCC1CC2)c1ccccc1. The molecule has 0 N–H and O–H groups in total. The first-order chi connectivity index (χ1) is 15.2. The normalized spacial score (nSPS) is 24.5. The number of piperidine rings is 3. The Balaban J connectivity index is 1.37. The summed E-state index contributed by atoms with van der Waals surface area (Å²) in [7, 11) is 0. The van der Waals surface area contributed by atoms with Gasteiger partial charge in [-0.1, -0.05) is 49.7 Å². The van der Waals surface area contributed by atoms with E-state index in [2.05, 4.69) is 6.92 Å². The molecule has 5 heteroatoms. The number of benzene rings is 2. The number of unbranched alkanes of at least 4 members (excludes halogenated alkanes) is 1. The number of amides is 1. The van der Waals surface area contributed by atoms with Crippen LogP contribution in [0.3, 0.4) is 0 Å². The Hall–Kier alpha value is -2.53. The number of rotatable bonds is 9. The van der Waals surface area contributed by atoms with Gasteiger partial charge < -0.3 is 14.0 Å². The Labute approximate surface area is 186 Å². The number of hydrogen-bond donors (Lipinski definition) is 0. The number of nitrogens with zero attached hydrogens (tertiary/aromatic N) is 2. The molecule has 2 aromatic rings. The molecule has 0 radical (unpaired) electrons. The lowest BCUT2D eigenvalue weighted by molar-refractivity contribution is -0.946. The fraction of sp³-hybridized carbons (Fsp3) is 0.500. The van der Waals surface area contributed by atoms with Gasteiger partial charge in [0.15, 0.2) is 6.10 Å². The first-order valence-electron chi connectivity index (χ1n) is 11.8. The van der Waals surface area contributed by atoms with E-state index in [1.165, 1.54) is 0 Å². The van der Waals surface area contributed by atoms with E-state index in [1.54, 1.807) is 0 Å². The first-order valence-corrected chi connectivity index (χ1v) is 11.8. The van der Waals surface area contributed by atoms with Crippen LogP contribution in [0.25, 0.3) is 0 Å². The number of quaternary nitrogens is 1. The summed E-state index contributed by atoms with van der Waals surface area (Å²) >= 11 is 0. The van der Waals surface area contributed by atoms with Crippen molar-refractivity contribution in [2.75, 3.05) is 44.2 Å². The highest BCUT2D eigenvalue weighted by Crippen LogP contribution is 2.36. The molecule has 2 aromatic carbocycles. The number of carbonyl (C=O) groups is 1. The molecule has 3 heterocycles. The van der Waals surface area contributed by atoms with Crippen molar-refractivity contribution < 1.29 is 18.8 Å². The van der Waals surface area contributed by atoms with Crippen LogP contribution in [0.4, 0.5) is 10.5 Å². The zero-order valence-corrected chi connectivity index (χ0v) is 18.6. The van der Waals surface area contributed by atoms with Crippen LogP contribution in [0.5, 0.6) is 5.75 Å². The average Bonchev–Trinajstić information content (AvgIpc) is 2.81. The van der Waals surface area contributed by atoms with E-state index in [0.717, 1.165) is 67.8 Å². The van der Waals surface area contributed by atoms with E-state index in [-0.39, 0.29) is 12.2 Å². The van der Waals surface area contributed by atoms with Gasteiger partial charge in [0.05, 0.1) is 13.1 Å². The van der Waals surface area contributed by atoms with E-state index < -0.39 is 0 Å². The topological polar surface area (TPSA) is 38.8 Å². The second-order valence-corrected chi connectivity index (χ2v) is 8.96. The van der Waals surface area contributed by atoms with Gasteiger partial charge in [-0.2, -0.15) is 0 Å². The summed E-state index contributed by atoms with van der Waals surface area (Å²) in [6.07, 6.45) is 4.07. The lowest BCUT2D eigenvalue weighted by atomic mass is 9.83. The molecule has 0 saturated carbocycles. The lowest BCUT2D eigenvalue weighted by Crippen LogP contribution is -2.65. The molecule has 3 saturated heterocycles. The van der Waals surface area contributed by atoms with Gasteiger partial charge in [-0.15, -0.1) is 0 Å². The van der Waals surface area contributed by atoms with Crippen LogP contribution in [0.2, 0.25) is 0 Å². The highest BCUT2D eigenvalue weighted by atomic mass is 16.6. The molecule has 0 spiro atoms. The number of hydrogen-bond acceptors (Lipinski definition) is 3. The minimum atomic E-state index is -0.197. The van der Waals surface area contributed by atoms with Crippen LogP contribution in [0.15, 0.2) is 60.7 Å². The van der Waals surface area contributed by atoms with Crippen LogP contribution in [0, 0.1) is 5.92 Å². The molecule has 31 heavy (non-hydrogen) atoms. The van der Waals surface area contributed by atoms with Crippen molar-refractivity contribution in [1.82, 2.24) is 0 Å². The van der Waals surface area contributed by atoms with Crippen LogP contribution in [-0.2, 0) is 4.74 Å². The molecule has 0 unspecified atom stereocenters. The van der Waals surface area contributed by atoms with Crippen molar-refractivity contribution in [3.05, 3.63) is 60.7 Å². The van der Waals surface area contributed by atoms with Crippen LogP contribution in [0.1, 0.15) is 32.6 Å². The molecule has 0 aliphatic carbocycles. The van der Waals surface area contributed by atoms with E-state index in [4.69, 9.17) is 9.47 Å². The molecule has 1 amide bonds. The van der Waals surface area contributed by atoms with Gasteiger partial charge in [-0.3, -0.25) is 4.90 Å². The molecule has 0 aromatic heterocycles. The van der Waals surface area contributed by atoms with Crippen molar-refractivity contribution in [1.29, 1.82) is 0 Å². The quantitative estimate of drug-likeness (QED) is 0.526. The standard InChI is InChI=1S/C26H35N2O3/c1-2-3-16-27(23-10-6-4-7-11-23)26(29)31-25-21-28(17-14-22(25)15-18-28)19-20-30-24-12-8-5-9-13-24/h4-13,22,25H,2-3,14-21H2,1H3/q+1/t22?,25-,28?/m0/s1. The zero-order chi connectivity index (χ0) is 21.5.